The first-order valence-electron chi connectivity index (χ1n) is 3.84. The predicted molar refractivity (Wildman–Crippen MR) is 56.1 cm³/mol. The molecule has 1 aromatic heterocycles. The number of hydrogen-bond acceptors (Lipinski definition) is 2. The number of hydrogen-bond donors (Lipinski definition) is 0. The van der Waals surface area contributed by atoms with Gasteiger partial charge in [0.15, 0.2) is 5.78 Å². The Morgan fingerprint density at radius 1 is 1.58 bits per heavy atom. The third-order valence-electron chi connectivity index (χ3n) is 1.56. The molecule has 0 radical (unpaired) electrons. The fraction of sp³-hybridized carbons (Fsp3) is 0.444. The largest absolute Gasteiger partial charge is 0.293 e. The van der Waals surface area contributed by atoms with Gasteiger partial charge in [-0.1, -0.05) is 29.8 Å². The Morgan fingerprint density at radius 3 is 2.67 bits per heavy atom. The molecule has 3 heteroatoms. The van der Waals surface area contributed by atoms with Crippen molar-refractivity contribution in [2.75, 3.05) is 0 Å². The molecule has 0 aliphatic heterocycles. The number of ketones is 1. The van der Waals surface area contributed by atoms with Crippen LogP contribution in [0.2, 0.25) is 0 Å². The van der Waals surface area contributed by atoms with Gasteiger partial charge in [-0.2, -0.15) is 0 Å². The Labute approximate surface area is 84.9 Å². The van der Waals surface area contributed by atoms with Gasteiger partial charge in [-0.25, -0.2) is 0 Å². The molecule has 66 valence electrons. The van der Waals surface area contributed by atoms with E-state index in [0.29, 0.717) is 0 Å². The van der Waals surface area contributed by atoms with Gasteiger partial charge in [0.05, 0.1) is 4.88 Å². The average Bonchev–Trinajstić information content (AvgIpc) is 2.50. The van der Waals surface area contributed by atoms with Crippen LogP contribution in [0.25, 0.3) is 0 Å². The number of Topliss-reactive ketones (excluding diaryl/α,β-unsaturated/α-hetero) is 1. The maximum absolute atomic E-state index is 11.5. The van der Waals surface area contributed by atoms with E-state index in [0.717, 1.165) is 10.2 Å². The molecule has 12 heavy (non-hydrogen) atoms. The average molecular weight is 247 g/mol. The van der Waals surface area contributed by atoms with Crippen LogP contribution >= 0.6 is 27.3 Å². The standard InChI is InChI=1S/C9H11BrOS/c1-6(2)9(11)8-4-3-7(5-10)12-8/h3-4,6H,5H2,1-2H3. The highest BCUT2D eigenvalue weighted by molar-refractivity contribution is 9.08. The molecule has 0 bridgehead atoms. The third kappa shape index (κ3) is 2.17. The lowest BCUT2D eigenvalue weighted by atomic mass is 10.1. The maximum Gasteiger partial charge on any atom is 0.175 e. The minimum absolute atomic E-state index is 0.104. The second-order valence-corrected chi connectivity index (χ2v) is 4.65. The fourth-order valence-corrected chi connectivity index (χ4v) is 2.34. The second-order valence-electron chi connectivity index (χ2n) is 2.92. The van der Waals surface area contributed by atoms with E-state index in [9.17, 15) is 4.79 Å². The Kier molecular flexibility index (Phi) is 3.47. The highest BCUT2D eigenvalue weighted by Crippen LogP contribution is 2.21. The summed E-state index contributed by atoms with van der Waals surface area (Å²) in [6, 6.07) is 3.90. The zero-order chi connectivity index (χ0) is 9.14. The first-order chi connectivity index (χ1) is 5.65. The summed E-state index contributed by atoms with van der Waals surface area (Å²) in [6.07, 6.45) is 0. The van der Waals surface area contributed by atoms with E-state index in [1.165, 1.54) is 4.88 Å². The topological polar surface area (TPSA) is 17.1 Å². The van der Waals surface area contributed by atoms with Crippen LogP contribution in [0.5, 0.6) is 0 Å². The predicted octanol–water partition coefficient (Wildman–Crippen LogP) is 3.48. The van der Waals surface area contributed by atoms with Crippen molar-refractivity contribution in [3.8, 4) is 0 Å². The molecule has 1 heterocycles. The lowest BCUT2D eigenvalue weighted by molar-refractivity contribution is 0.0943. The molecule has 1 nitrogen and oxygen atoms in total. The molecule has 0 atom stereocenters. The van der Waals surface area contributed by atoms with Gasteiger partial charge in [-0.3, -0.25) is 4.79 Å². The molecule has 0 aliphatic carbocycles. The van der Waals surface area contributed by atoms with E-state index in [1.807, 2.05) is 26.0 Å². The molecular weight excluding hydrogens is 236 g/mol. The van der Waals surface area contributed by atoms with Gasteiger partial charge >= 0.3 is 0 Å². The Hall–Kier alpha value is -0.150. The first-order valence-corrected chi connectivity index (χ1v) is 5.78. The molecule has 0 fully saturated rings. The van der Waals surface area contributed by atoms with Gasteiger partial charge in [0.2, 0.25) is 0 Å². The van der Waals surface area contributed by atoms with E-state index >= 15 is 0 Å². The van der Waals surface area contributed by atoms with E-state index < -0.39 is 0 Å². The maximum atomic E-state index is 11.5. The number of thiophene rings is 1. The highest BCUT2D eigenvalue weighted by atomic mass is 79.9. The van der Waals surface area contributed by atoms with Gasteiger partial charge in [-0.15, -0.1) is 11.3 Å². The first kappa shape index (κ1) is 9.93. The number of alkyl halides is 1. The highest BCUT2D eigenvalue weighted by Gasteiger charge is 2.12. The van der Waals surface area contributed by atoms with Crippen molar-refractivity contribution in [1.82, 2.24) is 0 Å². The summed E-state index contributed by atoms with van der Waals surface area (Å²) < 4.78 is 0. The van der Waals surface area contributed by atoms with Crippen LogP contribution in [-0.2, 0) is 5.33 Å². The summed E-state index contributed by atoms with van der Waals surface area (Å²) in [6.45, 7) is 3.85. The van der Waals surface area contributed by atoms with Crippen LogP contribution in [0.3, 0.4) is 0 Å². The van der Waals surface area contributed by atoms with Gasteiger partial charge in [-0.05, 0) is 12.1 Å². The van der Waals surface area contributed by atoms with E-state index in [-0.39, 0.29) is 11.7 Å². The zero-order valence-corrected chi connectivity index (χ0v) is 9.54. The number of carbonyl (C=O) groups excluding carboxylic acids is 1. The molecule has 0 amide bonds. The number of carbonyl (C=O) groups is 1. The smallest absolute Gasteiger partial charge is 0.175 e. The van der Waals surface area contributed by atoms with E-state index in [1.54, 1.807) is 11.3 Å². The molecule has 0 saturated heterocycles. The summed E-state index contributed by atoms with van der Waals surface area (Å²) >= 11 is 4.93. The van der Waals surface area contributed by atoms with Crippen molar-refractivity contribution < 1.29 is 4.79 Å². The van der Waals surface area contributed by atoms with Crippen molar-refractivity contribution in [1.29, 1.82) is 0 Å². The summed E-state index contributed by atoms with van der Waals surface area (Å²) in [5.74, 6) is 0.346. The summed E-state index contributed by atoms with van der Waals surface area (Å²) in [4.78, 5) is 13.6. The van der Waals surface area contributed by atoms with Gasteiger partial charge < -0.3 is 0 Å². The van der Waals surface area contributed by atoms with E-state index in [2.05, 4.69) is 15.9 Å². The Bertz CT molecular complexity index is 278. The molecule has 0 aliphatic rings. The molecule has 1 aromatic rings. The fourth-order valence-electron chi connectivity index (χ4n) is 0.867. The van der Waals surface area contributed by atoms with Crippen LogP contribution in [0, 0.1) is 5.92 Å². The molecule has 0 unspecified atom stereocenters. The summed E-state index contributed by atoms with van der Waals surface area (Å²) in [5, 5.41) is 0.836. The SMILES string of the molecule is CC(C)C(=O)c1ccc(CBr)s1. The van der Waals surface area contributed by atoms with Crippen molar-refractivity contribution in [3.63, 3.8) is 0 Å². The molecule has 0 N–H and O–H groups in total. The molecular formula is C9H11BrOS. The van der Waals surface area contributed by atoms with Crippen LogP contribution in [0.15, 0.2) is 12.1 Å². The number of rotatable bonds is 3. The normalized spacial score (nSPS) is 10.7. The molecule has 0 saturated carbocycles. The summed E-state index contributed by atoms with van der Waals surface area (Å²) in [7, 11) is 0. The molecule has 0 spiro atoms. The van der Waals surface area contributed by atoms with Crippen molar-refractivity contribution >= 4 is 33.0 Å². The minimum atomic E-state index is 0.104. The quantitative estimate of drug-likeness (QED) is 0.590. The van der Waals surface area contributed by atoms with Crippen LogP contribution in [-0.4, -0.2) is 5.78 Å². The van der Waals surface area contributed by atoms with Crippen LogP contribution < -0.4 is 0 Å². The van der Waals surface area contributed by atoms with E-state index in [4.69, 9.17) is 0 Å². The Balaban J connectivity index is 2.82. The second kappa shape index (κ2) is 4.19. The Morgan fingerprint density at radius 2 is 2.25 bits per heavy atom. The van der Waals surface area contributed by atoms with Crippen molar-refractivity contribution in [2.24, 2.45) is 5.92 Å². The monoisotopic (exact) mass is 246 g/mol. The molecule has 0 aromatic carbocycles. The van der Waals surface area contributed by atoms with Gasteiger partial charge in [0.1, 0.15) is 0 Å². The van der Waals surface area contributed by atoms with Crippen LogP contribution in [0.4, 0.5) is 0 Å². The lowest BCUT2D eigenvalue weighted by Gasteiger charge is -1.98. The lowest BCUT2D eigenvalue weighted by Crippen LogP contribution is -2.04. The van der Waals surface area contributed by atoms with Gasteiger partial charge in [0.25, 0.3) is 0 Å². The minimum Gasteiger partial charge on any atom is -0.293 e. The molecule has 1 rings (SSSR count). The van der Waals surface area contributed by atoms with Crippen LogP contribution in [0.1, 0.15) is 28.4 Å². The zero-order valence-electron chi connectivity index (χ0n) is 7.13. The number of halogens is 1. The summed E-state index contributed by atoms with van der Waals surface area (Å²) in [5.41, 5.74) is 0. The van der Waals surface area contributed by atoms with Crippen molar-refractivity contribution in [3.05, 3.63) is 21.9 Å². The van der Waals surface area contributed by atoms with Gasteiger partial charge in [0, 0.05) is 16.1 Å². The third-order valence-corrected chi connectivity index (χ3v) is 3.64. The van der Waals surface area contributed by atoms with Crippen molar-refractivity contribution in [2.45, 2.75) is 19.2 Å².